The lowest BCUT2D eigenvalue weighted by atomic mass is 10.0. The number of hydrazine groups is 1. The standard InChI is InChI=1S/C16H24N4O5S/c1-10(2)14(17-11(3)21)16(23)19-18-15(22)12-7-6-8-13(9-12)26(24,25)20(4)5/h6-10,14H,1-5H3,(H,17,21)(H,18,22)(H,19,23)/t14-/m1/s1. The van der Waals surface area contributed by atoms with Crippen LogP contribution < -0.4 is 16.2 Å². The van der Waals surface area contributed by atoms with Crippen molar-refractivity contribution in [3.8, 4) is 0 Å². The summed E-state index contributed by atoms with van der Waals surface area (Å²) in [6, 6.07) is 4.62. The van der Waals surface area contributed by atoms with Crippen molar-refractivity contribution < 1.29 is 22.8 Å². The number of nitrogens with zero attached hydrogens (tertiary/aromatic N) is 1. The number of rotatable bonds is 6. The van der Waals surface area contributed by atoms with Gasteiger partial charge in [-0.25, -0.2) is 12.7 Å². The highest BCUT2D eigenvalue weighted by atomic mass is 32.2. The average Bonchev–Trinajstić information content (AvgIpc) is 2.56. The van der Waals surface area contributed by atoms with E-state index in [4.69, 9.17) is 0 Å². The Kier molecular flexibility index (Phi) is 7.28. The van der Waals surface area contributed by atoms with Crippen molar-refractivity contribution in [2.24, 2.45) is 5.92 Å². The van der Waals surface area contributed by atoms with Crippen LogP contribution in [0.5, 0.6) is 0 Å². The lowest BCUT2D eigenvalue weighted by Gasteiger charge is -2.21. The van der Waals surface area contributed by atoms with Crippen LogP contribution in [0.2, 0.25) is 0 Å². The van der Waals surface area contributed by atoms with E-state index in [0.29, 0.717) is 0 Å². The van der Waals surface area contributed by atoms with Crippen LogP contribution in [0, 0.1) is 5.92 Å². The number of amides is 3. The van der Waals surface area contributed by atoms with E-state index in [9.17, 15) is 22.8 Å². The van der Waals surface area contributed by atoms with Gasteiger partial charge in [0.2, 0.25) is 15.9 Å². The molecule has 3 amide bonds. The van der Waals surface area contributed by atoms with Crippen molar-refractivity contribution in [3.05, 3.63) is 29.8 Å². The molecule has 10 heteroatoms. The highest BCUT2D eigenvalue weighted by Gasteiger charge is 2.24. The molecule has 3 N–H and O–H groups in total. The Bertz CT molecular complexity index is 790. The Morgan fingerprint density at radius 2 is 1.69 bits per heavy atom. The number of carbonyl (C=O) groups excluding carboxylic acids is 3. The van der Waals surface area contributed by atoms with E-state index in [0.717, 1.165) is 4.31 Å². The molecule has 26 heavy (non-hydrogen) atoms. The van der Waals surface area contributed by atoms with E-state index >= 15 is 0 Å². The largest absolute Gasteiger partial charge is 0.344 e. The molecule has 0 aromatic heterocycles. The fraction of sp³-hybridized carbons (Fsp3) is 0.438. The summed E-state index contributed by atoms with van der Waals surface area (Å²) < 4.78 is 25.3. The summed E-state index contributed by atoms with van der Waals surface area (Å²) in [5.41, 5.74) is 4.52. The minimum Gasteiger partial charge on any atom is -0.344 e. The monoisotopic (exact) mass is 384 g/mol. The van der Waals surface area contributed by atoms with Gasteiger partial charge in [-0.3, -0.25) is 25.2 Å². The maximum absolute atomic E-state index is 12.2. The van der Waals surface area contributed by atoms with Gasteiger partial charge < -0.3 is 5.32 Å². The first-order chi connectivity index (χ1) is 12.0. The molecule has 1 aromatic rings. The van der Waals surface area contributed by atoms with Gasteiger partial charge in [-0.15, -0.1) is 0 Å². The topological polar surface area (TPSA) is 125 Å². The molecule has 0 bridgehead atoms. The lowest BCUT2D eigenvalue weighted by molar-refractivity contribution is -0.129. The molecule has 0 fully saturated rings. The van der Waals surface area contributed by atoms with E-state index in [1.165, 1.54) is 45.3 Å². The maximum atomic E-state index is 12.2. The predicted molar refractivity (Wildman–Crippen MR) is 95.4 cm³/mol. The van der Waals surface area contributed by atoms with Crippen LogP contribution in [0.3, 0.4) is 0 Å². The van der Waals surface area contributed by atoms with Crippen LogP contribution in [-0.4, -0.2) is 50.6 Å². The third-order valence-corrected chi connectivity index (χ3v) is 5.29. The summed E-state index contributed by atoms with van der Waals surface area (Å²) in [5.74, 6) is -1.82. The molecule has 0 aliphatic rings. The highest BCUT2D eigenvalue weighted by Crippen LogP contribution is 2.14. The number of benzene rings is 1. The number of hydrogen-bond donors (Lipinski definition) is 3. The van der Waals surface area contributed by atoms with Crippen LogP contribution in [0.25, 0.3) is 0 Å². The minimum atomic E-state index is -3.68. The van der Waals surface area contributed by atoms with Crippen molar-refractivity contribution in [2.45, 2.75) is 31.7 Å². The molecular weight excluding hydrogens is 360 g/mol. The second kappa shape index (κ2) is 8.77. The number of hydrogen-bond acceptors (Lipinski definition) is 5. The van der Waals surface area contributed by atoms with Gasteiger partial charge in [0.25, 0.3) is 11.8 Å². The third kappa shape index (κ3) is 5.53. The molecule has 0 unspecified atom stereocenters. The average molecular weight is 384 g/mol. The molecular formula is C16H24N4O5S. The van der Waals surface area contributed by atoms with E-state index in [1.807, 2.05) is 0 Å². The summed E-state index contributed by atoms with van der Waals surface area (Å²) in [7, 11) is -0.913. The van der Waals surface area contributed by atoms with Crippen molar-refractivity contribution in [3.63, 3.8) is 0 Å². The number of nitrogens with one attached hydrogen (secondary N) is 3. The molecule has 9 nitrogen and oxygen atoms in total. The van der Waals surface area contributed by atoms with Crippen LogP contribution in [0.4, 0.5) is 0 Å². The van der Waals surface area contributed by atoms with Crippen LogP contribution in [0.15, 0.2) is 29.2 Å². The van der Waals surface area contributed by atoms with E-state index in [2.05, 4.69) is 16.2 Å². The Morgan fingerprint density at radius 3 is 2.19 bits per heavy atom. The Hall–Kier alpha value is -2.46. The van der Waals surface area contributed by atoms with E-state index in [-0.39, 0.29) is 22.3 Å². The first-order valence-corrected chi connectivity index (χ1v) is 9.30. The molecule has 1 atom stereocenters. The fourth-order valence-corrected chi connectivity index (χ4v) is 2.98. The van der Waals surface area contributed by atoms with Crippen molar-refractivity contribution >= 4 is 27.7 Å². The van der Waals surface area contributed by atoms with Crippen molar-refractivity contribution in [1.82, 2.24) is 20.5 Å². The van der Waals surface area contributed by atoms with Crippen LogP contribution in [0.1, 0.15) is 31.1 Å². The summed E-state index contributed by atoms with van der Waals surface area (Å²) >= 11 is 0. The molecule has 0 saturated carbocycles. The molecule has 1 aromatic carbocycles. The molecule has 144 valence electrons. The molecule has 0 aliphatic carbocycles. The summed E-state index contributed by atoms with van der Waals surface area (Å²) in [5, 5.41) is 2.50. The van der Waals surface area contributed by atoms with Crippen molar-refractivity contribution in [2.75, 3.05) is 14.1 Å². The van der Waals surface area contributed by atoms with E-state index in [1.54, 1.807) is 13.8 Å². The molecule has 0 spiro atoms. The van der Waals surface area contributed by atoms with Crippen molar-refractivity contribution in [1.29, 1.82) is 0 Å². The lowest BCUT2D eigenvalue weighted by Crippen LogP contribution is -2.54. The van der Waals surface area contributed by atoms with Gasteiger partial charge >= 0.3 is 0 Å². The first-order valence-electron chi connectivity index (χ1n) is 7.86. The molecule has 0 aliphatic heterocycles. The van der Waals surface area contributed by atoms with Gasteiger partial charge in [-0.1, -0.05) is 19.9 Å². The minimum absolute atomic E-state index is 0.0419. The SMILES string of the molecule is CC(=O)N[C@@H](C(=O)NNC(=O)c1cccc(S(=O)(=O)N(C)C)c1)C(C)C. The molecule has 0 radical (unpaired) electrons. The molecule has 1 rings (SSSR count). The zero-order valence-electron chi connectivity index (χ0n) is 15.4. The summed E-state index contributed by atoms with van der Waals surface area (Å²) in [4.78, 5) is 35.4. The van der Waals surface area contributed by atoms with Crippen LogP contribution >= 0.6 is 0 Å². The third-order valence-electron chi connectivity index (χ3n) is 3.48. The Labute approximate surface area is 153 Å². The van der Waals surface area contributed by atoms with E-state index < -0.39 is 27.9 Å². The van der Waals surface area contributed by atoms with Gasteiger partial charge in [0.1, 0.15) is 6.04 Å². The normalized spacial score (nSPS) is 12.6. The van der Waals surface area contributed by atoms with Crippen LogP contribution in [-0.2, 0) is 19.6 Å². The number of carbonyl (C=O) groups is 3. The van der Waals surface area contributed by atoms with Gasteiger partial charge in [-0.2, -0.15) is 0 Å². The smallest absolute Gasteiger partial charge is 0.269 e. The van der Waals surface area contributed by atoms with Gasteiger partial charge in [-0.05, 0) is 24.1 Å². The predicted octanol–water partition coefficient (Wildman–Crippen LogP) is -0.141. The highest BCUT2D eigenvalue weighted by molar-refractivity contribution is 7.89. The van der Waals surface area contributed by atoms with Gasteiger partial charge in [0, 0.05) is 26.6 Å². The zero-order chi connectivity index (χ0) is 20.1. The molecule has 0 heterocycles. The molecule has 0 saturated heterocycles. The quantitative estimate of drug-likeness (QED) is 0.589. The first kappa shape index (κ1) is 21.6. The zero-order valence-corrected chi connectivity index (χ0v) is 16.2. The van der Waals surface area contributed by atoms with Gasteiger partial charge in [0.05, 0.1) is 4.90 Å². The Balaban J connectivity index is 2.86. The fourth-order valence-electron chi connectivity index (χ4n) is 2.03. The maximum Gasteiger partial charge on any atom is 0.269 e. The summed E-state index contributed by atoms with van der Waals surface area (Å²) in [6.07, 6.45) is 0. The summed E-state index contributed by atoms with van der Waals surface area (Å²) in [6.45, 7) is 4.78. The second-order valence-electron chi connectivity index (χ2n) is 6.18. The van der Waals surface area contributed by atoms with Gasteiger partial charge in [0.15, 0.2) is 0 Å². The Morgan fingerprint density at radius 1 is 1.08 bits per heavy atom. The number of sulfonamides is 1. The second-order valence-corrected chi connectivity index (χ2v) is 8.33.